The van der Waals surface area contributed by atoms with Gasteiger partial charge in [-0.2, -0.15) is 0 Å². The van der Waals surface area contributed by atoms with Crippen LogP contribution in [0.15, 0.2) is 35.3 Å². The molecule has 0 bridgehead atoms. The fourth-order valence-corrected chi connectivity index (χ4v) is 2.04. The summed E-state index contributed by atoms with van der Waals surface area (Å²) in [7, 11) is 0. The van der Waals surface area contributed by atoms with E-state index in [-0.39, 0.29) is 16.9 Å². The number of aliphatic imine (C=N–C) groups is 1. The third-order valence-corrected chi connectivity index (χ3v) is 3.01. The van der Waals surface area contributed by atoms with Crippen LogP contribution >= 0.6 is 0 Å². The highest BCUT2D eigenvalue weighted by molar-refractivity contribution is 6.38. The standard InChI is InChI=1S/C18H28N2O.2C2H6/c1-14(21)16(19-17(2,3)4)20(18(5,6)7)13-15-11-9-8-10-12-15;2*1-2/h8-12H,13H2,1-7H3;2*1-2H3. The molecule has 0 heterocycles. The van der Waals surface area contributed by atoms with Gasteiger partial charge in [0.05, 0.1) is 5.54 Å². The SMILES string of the molecule is CC.CC.CC(=O)C(=NC(C)(C)C)N(Cc1ccccc1)C(C)(C)C. The first-order chi connectivity index (χ1) is 11.5. The van der Waals surface area contributed by atoms with Crippen LogP contribution in [0.1, 0.15) is 81.7 Å². The number of carbonyl (C=O) groups is 1. The van der Waals surface area contributed by atoms with E-state index in [0.29, 0.717) is 12.4 Å². The highest BCUT2D eigenvalue weighted by Crippen LogP contribution is 2.21. The van der Waals surface area contributed by atoms with E-state index in [9.17, 15) is 4.79 Å². The number of hydrogen-bond acceptors (Lipinski definition) is 2. The Balaban J connectivity index is 0. The van der Waals surface area contributed by atoms with Gasteiger partial charge in [0.1, 0.15) is 0 Å². The maximum absolute atomic E-state index is 12.1. The highest BCUT2D eigenvalue weighted by atomic mass is 16.1. The average molecular weight is 349 g/mol. The summed E-state index contributed by atoms with van der Waals surface area (Å²) >= 11 is 0. The molecule has 0 saturated heterocycles. The summed E-state index contributed by atoms with van der Waals surface area (Å²) in [6.45, 7) is 22.6. The number of rotatable bonds is 3. The molecule has 0 N–H and O–H groups in total. The molecule has 0 aliphatic heterocycles. The van der Waals surface area contributed by atoms with E-state index in [1.165, 1.54) is 5.56 Å². The average Bonchev–Trinajstić information content (AvgIpc) is 2.53. The van der Waals surface area contributed by atoms with Gasteiger partial charge in [-0.15, -0.1) is 0 Å². The van der Waals surface area contributed by atoms with Gasteiger partial charge < -0.3 is 4.90 Å². The lowest BCUT2D eigenvalue weighted by Gasteiger charge is -2.38. The summed E-state index contributed by atoms with van der Waals surface area (Å²) in [6, 6.07) is 10.2. The first kappa shape index (κ1) is 25.6. The second-order valence-electron chi connectivity index (χ2n) is 7.40. The third-order valence-electron chi connectivity index (χ3n) is 3.01. The summed E-state index contributed by atoms with van der Waals surface area (Å²) in [5, 5.41) is 0. The monoisotopic (exact) mass is 348 g/mol. The molecule has 0 unspecified atom stereocenters. The molecule has 0 radical (unpaired) electrons. The van der Waals surface area contributed by atoms with E-state index in [0.717, 1.165) is 0 Å². The van der Waals surface area contributed by atoms with Gasteiger partial charge in [-0.1, -0.05) is 58.0 Å². The van der Waals surface area contributed by atoms with Crippen LogP contribution in [0.5, 0.6) is 0 Å². The number of hydrogen-bond donors (Lipinski definition) is 0. The summed E-state index contributed by atoms with van der Waals surface area (Å²) in [4.78, 5) is 18.9. The molecule has 1 aromatic rings. The van der Waals surface area contributed by atoms with Gasteiger partial charge in [0.25, 0.3) is 0 Å². The molecular weight excluding hydrogens is 308 g/mol. The molecule has 3 heteroatoms. The van der Waals surface area contributed by atoms with Crippen LogP contribution in [0, 0.1) is 0 Å². The molecule has 0 aromatic heterocycles. The zero-order valence-electron chi connectivity index (χ0n) is 18.4. The van der Waals surface area contributed by atoms with Crippen LogP contribution in [0.2, 0.25) is 0 Å². The second-order valence-corrected chi connectivity index (χ2v) is 7.40. The van der Waals surface area contributed by atoms with Crippen molar-refractivity contribution in [3.05, 3.63) is 35.9 Å². The van der Waals surface area contributed by atoms with E-state index in [1.54, 1.807) is 6.92 Å². The minimum Gasteiger partial charge on any atom is -0.345 e. The molecule has 0 atom stereocenters. The zero-order valence-corrected chi connectivity index (χ0v) is 18.4. The van der Waals surface area contributed by atoms with Gasteiger partial charge in [0, 0.05) is 19.0 Å². The Morgan fingerprint density at radius 2 is 1.36 bits per heavy atom. The number of nitrogens with zero attached hydrogens (tertiary/aromatic N) is 2. The molecule has 1 aromatic carbocycles. The summed E-state index contributed by atoms with van der Waals surface area (Å²) in [6.07, 6.45) is 0. The first-order valence-corrected chi connectivity index (χ1v) is 9.43. The Morgan fingerprint density at radius 3 is 1.68 bits per heavy atom. The van der Waals surface area contributed by atoms with Crippen LogP contribution in [0.3, 0.4) is 0 Å². The molecule has 0 aliphatic rings. The Morgan fingerprint density at radius 1 is 0.920 bits per heavy atom. The molecule has 0 aliphatic carbocycles. The Hall–Kier alpha value is -1.64. The number of benzene rings is 1. The van der Waals surface area contributed by atoms with E-state index in [2.05, 4.69) is 42.8 Å². The van der Waals surface area contributed by atoms with Crippen molar-refractivity contribution in [2.24, 2.45) is 4.99 Å². The third kappa shape index (κ3) is 10.8. The number of amidine groups is 1. The highest BCUT2D eigenvalue weighted by Gasteiger charge is 2.28. The topological polar surface area (TPSA) is 32.7 Å². The van der Waals surface area contributed by atoms with Crippen molar-refractivity contribution in [3.8, 4) is 0 Å². The molecule has 144 valence electrons. The number of ketones is 1. The fourth-order valence-electron chi connectivity index (χ4n) is 2.04. The zero-order chi connectivity index (χ0) is 20.3. The van der Waals surface area contributed by atoms with Crippen molar-refractivity contribution in [1.82, 2.24) is 4.90 Å². The van der Waals surface area contributed by atoms with Crippen molar-refractivity contribution < 1.29 is 4.79 Å². The van der Waals surface area contributed by atoms with Gasteiger partial charge in [0.2, 0.25) is 0 Å². The Kier molecular flexibility index (Phi) is 12.1. The number of carbonyl (C=O) groups excluding carboxylic acids is 1. The van der Waals surface area contributed by atoms with Crippen LogP contribution in [-0.4, -0.2) is 27.6 Å². The molecule has 0 amide bonds. The molecule has 25 heavy (non-hydrogen) atoms. The normalized spacial score (nSPS) is 11.6. The lowest BCUT2D eigenvalue weighted by atomic mass is 10.0. The van der Waals surface area contributed by atoms with Crippen molar-refractivity contribution in [3.63, 3.8) is 0 Å². The van der Waals surface area contributed by atoms with E-state index in [1.807, 2.05) is 66.7 Å². The predicted molar refractivity (Wildman–Crippen MR) is 112 cm³/mol. The van der Waals surface area contributed by atoms with E-state index >= 15 is 0 Å². The quantitative estimate of drug-likeness (QED) is 0.486. The van der Waals surface area contributed by atoms with Gasteiger partial charge in [0.15, 0.2) is 11.6 Å². The van der Waals surface area contributed by atoms with Crippen molar-refractivity contribution in [1.29, 1.82) is 0 Å². The summed E-state index contributed by atoms with van der Waals surface area (Å²) < 4.78 is 0. The number of Topliss-reactive ketones (excluding diaryl/α,β-unsaturated/α-hetero) is 1. The lowest BCUT2D eigenvalue weighted by molar-refractivity contribution is -0.112. The molecule has 0 fully saturated rings. The van der Waals surface area contributed by atoms with Crippen LogP contribution < -0.4 is 0 Å². The van der Waals surface area contributed by atoms with Gasteiger partial charge in [-0.3, -0.25) is 9.79 Å². The molecule has 3 nitrogen and oxygen atoms in total. The van der Waals surface area contributed by atoms with Crippen molar-refractivity contribution in [2.45, 2.75) is 93.8 Å². The van der Waals surface area contributed by atoms with Crippen LogP contribution in [0.4, 0.5) is 0 Å². The summed E-state index contributed by atoms with van der Waals surface area (Å²) in [5.74, 6) is 0.564. The lowest BCUT2D eigenvalue weighted by Crippen LogP contribution is -2.48. The van der Waals surface area contributed by atoms with Crippen LogP contribution in [0.25, 0.3) is 0 Å². The summed E-state index contributed by atoms with van der Waals surface area (Å²) in [5.41, 5.74) is 0.725. The maximum Gasteiger partial charge on any atom is 0.194 e. The van der Waals surface area contributed by atoms with Gasteiger partial charge in [-0.25, -0.2) is 0 Å². The molecule has 1 rings (SSSR count). The minimum absolute atomic E-state index is 0.00998. The maximum atomic E-state index is 12.1. The van der Waals surface area contributed by atoms with Gasteiger partial charge in [-0.05, 0) is 47.1 Å². The largest absolute Gasteiger partial charge is 0.345 e. The van der Waals surface area contributed by atoms with Crippen molar-refractivity contribution >= 4 is 11.6 Å². The first-order valence-electron chi connectivity index (χ1n) is 9.43. The van der Waals surface area contributed by atoms with Crippen LogP contribution in [-0.2, 0) is 11.3 Å². The predicted octanol–water partition coefficient (Wildman–Crippen LogP) is 6.13. The van der Waals surface area contributed by atoms with Crippen molar-refractivity contribution in [2.75, 3.05) is 0 Å². The molecule has 0 saturated carbocycles. The Labute approximate surface area is 156 Å². The fraction of sp³-hybridized carbons (Fsp3) is 0.636. The Bertz CT molecular complexity index is 505. The molecule has 0 spiro atoms. The van der Waals surface area contributed by atoms with E-state index < -0.39 is 0 Å². The van der Waals surface area contributed by atoms with Gasteiger partial charge >= 0.3 is 0 Å². The minimum atomic E-state index is -0.277. The second kappa shape index (κ2) is 11.8. The molecular formula is C22H40N2O. The van der Waals surface area contributed by atoms with E-state index in [4.69, 9.17) is 0 Å². The smallest absolute Gasteiger partial charge is 0.194 e.